The van der Waals surface area contributed by atoms with Crippen molar-refractivity contribution in [1.29, 1.82) is 0 Å². The number of amides is 4. The first kappa shape index (κ1) is 34.0. The van der Waals surface area contributed by atoms with Crippen LogP contribution in [0, 0.1) is 0 Å². The van der Waals surface area contributed by atoms with Gasteiger partial charge >= 0.3 is 5.97 Å². The van der Waals surface area contributed by atoms with Gasteiger partial charge < -0.3 is 38.1 Å². The number of anilines is 1. The Morgan fingerprint density at radius 2 is 2.07 bits per heavy atom. The molecule has 240 valence electrons. The van der Waals surface area contributed by atoms with Crippen LogP contribution in [0.5, 0.6) is 0 Å². The molecular formula is C24H28N10O7S4. The number of nitrogens with zero attached hydrogens (tertiary/aromatic N) is 5. The van der Waals surface area contributed by atoms with E-state index in [2.05, 4.69) is 30.1 Å². The zero-order valence-electron chi connectivity index (χ0n) is 23.2. The van der Waals surface area contributed by atoms with Crippen molar-refractivity contribution in [2.45, 2.75) is 40.9 Å². The summed E-state index contributed by atoms with van der Waals surface area (Å²) in [7, 11) is 0. The summed E-state index contributed by atoms with van der Waals surface area (Å²) in [5.41, 5.74) is 16.3. The van der Waals surface area contributed by atoms with E-state index in [0.717, 1.165) is 16.4 Å². The lowest BCUT2D eigenvalue weighted by atomic mass is 10.0. The van der Waals surface area contributed by atoms with E-state index < -0.39 is 46.9 Å². The molecule has 2 aliphatic heterocycles. The number of aromatic nitrogens is 3. The van der Waals surface area contributed by atoms with Gasteiger partial charge in [-0.05, 0) is 18.6 Å². The molecule has 0 aliphatic carbocycles. The molecule has 2 unspecified atom stereocenters. The van der Waals surface area contributed by atoms with Crippen LogP contribution in [0.4, 0.5) is 5.13 Å². The van der Waals surface area contributed by atoms with Crippen LogP contribution in [0.25, 0.3) is 0 Å². The molecule has 0 bridgehead atoms. The number of pyridine rings is 1. The van der Waals surface area contributed by atoms with E-state index in [1.165, 1.54) is 35.3 Å². The number of carboxylic acids is 1. The summed E-state index contributed by atoms with van der Waals surface area (Å²) in [5.74, 6) is -2.73. The molecule has 4 rings (SSSR count). The number of carbonyl (C=O) groups is 5. The maximum Gasteiger partial charge on any atom is 0.353 e. The van der Waals surface area contributed by atoms with Crippen molar-refractivity contribution in [3.63, 3.8) is 0 Å². The topological polar surface area (TPSA) is 282 Å². The van der Waals surface area contributed by atoms with Crippen LogP contribution in [0.1, 0.15) is 24.4 Å². The van der Waals surface area contributed by atoms with Crippen LogP contribution in [0.15, 0.2) is 39.0 Å². The fourth-order valence-corrected chi connectivity index (χ4v) is 8.05. The number of oxime groups is 1. The number of nitrogen functional groups attached to an aromatic ring is 1. The summed E-state index contributed by atoms with van der Waals surface area (Å²) in [6, 6.07) is 1.62. The molecule has 45 heavy (non-hydrogen) atoms. The minimum Gasteiger partial charge on any atom is -0.477 e. The Hall–Kier alpha value is -3.92. The van der Waals surface area contributed by atoms with Gasteiger partial charge in [-0.1, -0.05) is 16.9 Å². The standard InChI is InChI=1S/C24H28N10O7S4/c25-10(3-4-14(26)35)19(36)29-6-7-42-8-11-12(2-1-5-28-11)44-13-9-43-22-16(21(38)34(22)17(13)23(39)40)30-20(37)15(32-41)18-31-24(27)45-33-18/h1-2,5,10,16,22,41H,3-4,6-9,25H2,(H2,26,35)(H,29,36)(H,30,37)(H,39,40)(H2,27,31,33)/b32-15-/t10-,16?,22?/m0/s1. The summed E-state index contributed by atoms with van der Waals surface area (Å²) in [4.78, 5) is 71.6. The Balaban J connectivity index is 1.36. The highest BCUT2D eigenvalue weighted by Crippen LogP contribution is 2.45. The molecule has 2 aromatic heterocycles. The maximum atomic E-state index is 13.1. The van der Waals surface area contributed by atoms with Crippen LogP contribution in [0.3, 0.4) is 0 Å². The average molecular weight is 697 g/mol. The minimum absolute atomic E-state index is 0.0224. The van der Waals surface area contributed by atoms with Gasteiger partial charge in [0.15, 0.2) is 5.13 Å². The Kier molecular flexibility index (Phi) is 11.6. The van der Waals surface area contributed by atoms with Gasteiger partial charge in [-0.25, -0.2) is 4.79 Å². The molecule has 0 spiro atoms. The number of hydrogen-bond acceptors (Lipinski definition) is 16. The number of nitrogens with two attached hydrogens (primary N) is 3. The first-order valence-electron chi connectivity index (χ1n) is 13.1. The lowest BCUT2D eigenvalue weighted by molar-refractivity contribution is -0.150. The van der Waals surface area contributed by atoms with Gasteiger partial charge in [0.25, 0.3) is 11.8 Å². The molecule has 3 atom stereocenters. The first-order chi connectivity index (χ1) is 21.5. The van der Waals surface area contributed by atoms with Crippen LogP contribution in [0.2, 0.25) is 0 Å². The lowest BCUT2D eigenvalue weighted by Crippen LogP contribution is -2.71. The molecule has 2 aromatic rings. The number of nitrogens with one attached hydrogen (secondary N) is 2. The normalized spacial score (nSPS) is 18.6. The molecule has 10 N–H and O–H groups in total. The Labute approximate surface area is 272 Å². The zero-order chi connectivity index (χ0) is 32.7. The van der Waals surface area contributed by atoms with Gasteiger partial charge in [0.2, 0.25) is 23.4 Å². The smallest absolute Gasteiger partial charge is 0.353 e. The summed E-state index contributed by atoms with van der Waals surface area (Å²) in [5, 5.41) is 26.8. The Morgan fingerprint density at radius 1 is 1.29 bits per heavy atom. The molecule has 4 amide bonds. The zero-order valence-corrected chi connectivity index (χ0v) is 26.5. The number of carboxylic acid groups (broad SMARTS) is 1. The van der Waals surface area contributed by atoms with Gasteiger partial charge in [0, 0.05) is 57.8 Å². The van der Waals surface area contributed by atoms with Crippen molar-refractivity contribution >= 4 is 87.3 Å². The minimum atomic E-state index is -1.30. The third kappa shape index (κ3) is 8.22. The molecule has 0 saturated carbocycles. The number of β-lactam (4-membered cyclic amide) rings is 1. The highest BCUT2D eigenvalue weighted by Gasteiger charge is 2.54. The molecule has 4 heterocycles. The van der Waals surface area contributed by atoms with Crippen molar-refractivity contribution < 1.29 is 34.3 Å². The van der Waals surface area contributed by atoms with Crippen molar-refractivity contribution in [1.82, 2.24) is 29.9 Å². The summed E-state index contributed by atoms with van der Waals surface area (Å²) in [6.45, 7) is 0.337. The molecule has 21 heteroatoms. The third-order valence-corrected chi connectivity index (χ3v) is 10.4. The Morgan fingerprint density at radius 3 is 2.73 bits per heavy atom. The van der Waals surface area contributed by atoms with Gasteiger partial charge in [0.1, 0.15) is 17.1 Å². The number of fused-ring (bicyclic) bond motifs is 1. The van der Waals surface area contributed by atoms with Gasteiger partial charge in [-0.2, -0.15) is 21.1 Å². The van der Waals surface area contributed by atoms with Crippen molar-refractivity contribution in [3.8, 4) is 0 Å². The average Bonchev–Trinajstić information content (AvgIpc) is 3.44. The summed E-state index contributed by atoms with van der Waals surface area (Å²) >= 11 is 4.75. The van der Waals surface area contributed by atoms with Crippen LogP contribution in [-0.4, -0.2) is 100 Å². The fourth-order valence-electron chi connectivity index (χ4n) is 4.13. The largest absolute Gasteiger partial charge is 0.477 e. The van der Waals surface area contributed by atoms with Crippen LogP contribution in [-0.2, 0) is 29.7 Å². The second-order valence-electron chi connectivity index (χ2n) is 9.35. The summed E-state index contributed by atoms with van der Waals surface area (Å²) < 4.78 is 3.83. The number of thioether (sulfide) groups is 3. The van der Waals surface area contributed by atoms with Gasteiger partial charge in [0.05, 0.1) is 11.7 Å². The SMILES string of the molecule is NC(=O)CC[C@H](N)C(=O)NCCSCc1ncccc1SC1=C(C(=O)O)N2C(=O)C(NC(=O)/C(=N\O)c3nsc(N)n3)C2SC1. The molecular weight excluding hydrogens is 669 g/mol. The highest BCUT2D eigenvalue weighted by atomic mass is 32.2. The van der Waals surface area contributed by atoms with E-state index in [4.69, 9.17) is 17.2 Å². The second-order valence-corrected chi connectivity index (χ2v) is 13.5. The van der Waals surface area contributed by atoms with Crippen molar-refractivity contribution in [2.24, 2.45) is 16.6 Å². The van der Waals surface area contributed by atoms with E-state index in [9.17, 15) is 34.3 Å². The van der Waals surface area contributed by atoms with Crippen molar-refractivity contribution in [3.05, 3.63) is 40.5 Å². The number of rotatable bonds is 15. The van der Waals surface area contributed by atoms with E-state index in [0.29, 0.717) is 33.5 Å². The lowest BCUT2D eigenvalue weighted by Gasteiger charge is -2.49. The number of hydrogen-bond donors (Lipinski definition) is 7. The van der Waals surface area contributed by atoms with Crippen LogP contribution < -0.4 is 27.8 Å². The van der Waals surface area contributed by atoms with E-state index in [-0.39, 0.29) is 41.2 Å². The molecule has 0 radical (unpaired) electrons. The van der Waals surface area contributed by atoms with Crippen molar-refractivity contribution in [2.75, 3.05) is 23.8 Å². The van der Waals surface area contributed by atoms with E-state index >= 15 is 0 Å². The maximum absolute atomic E-state index is 13.1. The Bertz CT molecular complexity index is 1550. The highest BCUT2D eigenvalue weighted by molar-refractivity contribution is 8.06. The molecule has 17 nitrogen and oxygen atoms in total. The van der Waals surface area contributed by atoms with Gasteiger partial charge in [-0.3, -0.25) is 29.1 Å². The molecule has 1 saturated heterocycles. The van der Waals surface area contributed by atoms with Crippen LogP contribution >= 0.6 is 46.8 Å². The second kappa shape index (κ2) is 15.4. The van der Waals surface area contributed by atoms with E-state index in [1.807, 2.05) is 0 Å². The molecule has 2 aliphatic rings. The third-order valence-electron chi connectivity index (χ3n) is 6.30. The molecule has 1 fully saturated rings. The predicted molar refractivity (Wildman–Crippen MR) is 168 cm³/mol. The monoisotopic (exact) mass is 696 g/mol. The predicted octanol–water partition coefficient (Wildman–Crippen LogP) is -0.876. The first-order valence-corrected chi connectivity index (χ1v) is 16.9. The number of carbonyl (C=O) groups excluding carboxylic acids is 4. The quantitative estimate of drug-likeness (QED) is 0.0391. The molecule has 0 aromatic carbocycles. The fraction of sp³-hybridized carbons (Fsp3) is 0.375. The summed E-state index contributed by atoms with van der Waals surface area (Å²) in [6.07, 6.45) is 1.80. The number of primary amides is 1. The number of aliphatic carboxylic acids is 1. The van der Waals surface area contributed by atoms with Gasteiger partial charge in [-0.15, -0.1) is 11.8 Å². The van der Waals surface area contributed by atoms with E-state index in [1.54, 1.807) is 18.3 Å².